The van der Waals surface area contributed by atoms with Crippen molar-refractivity contribution in [2.45, 2.75) is 44.6 Å². The molecule has 43 heavy (non-hydrogen) atoms. The van der Waals surface area contributed by atoms with Crippen molar-refractivity contribution in [3.63, 3.8) is 0 Å². The van der Waals surface area contributed by atoms with Crippen molar-refractivity contribution >= 4 is 55.9 Å². The number of aromatic nitrogens is 2. The zero-order chi connectivity index (χ0) is 31.0. The molecule has 1 atom stereocenters. The molecule has 1 unspecified atom stereocenters. The lowest BCUT2D eigenvalue weighted by Crippen LogP contribution is -2.33. The van der Waals surface area contributed by atoms with Crippen molar-refractivity contribution in [3.05, 3.63) is 77.3 Å². The molecule has 4 rings (SSSR count). The van der Waals surface area contributed by atoms with Crippen molar-refractivity contribution in [2.75, 3.05) is 36.8 Å². The van der Waals surface area contributed by atoms with E-state index in [1.807, 2.05) is 13.0 Å². The van der Waals surface area contributed by atoms with E-state index in [2.05, 4.69) is 44.1 Å². The van der Waals surface area contributed by atoms with Crippen LogP contribution in [0.4, 0.5) is 17.3 Å². The van der Waals surface area contributed by atoms with Crippen LogP contribution in [0.3, 0.4) is 0 Å². The first-order chi connectivity index (χ1) is 20.6. The lowest BCUT2D eigenvalue weighted by molar-refractivity contribution is 0.0937. The van der Waals surface area contributed by atoms with Crippen LogP contribution in [-0.2, 0) is 10.0 Å². The Morgan fingerprint density at radius 1 is 0.977 bits per heavy atom. The number of ether oxygens (including phenoxy) is 1. The normalized spacial score (nSPS) is 12.2. The first kappa shape index (κ1) is 32.0. The third-order valence-corrected chi connectivity index (χ3v) is 8.68. The van der Waals surface area contributed by atoms with Gasteiger partial charge in [-0.3, -0.25) is 9.52 Å². The van der Waals surface area contributed by atoms with Gasteiger partial charge in [-0.2, -0.15) is 0 Å². The topological polar surface area (TPSA) is 126 Å². The van der Waals surface area contributed by atoms with Crippen LogP contribution >= 0.6 is 11.6 Å². The smallest absolute Gasteiger partial charge is 0.263 e. The van der Waals surface area contributed by atoms with Gasteiger partial charge in [-0.05, 0) is 81.9 Å². The second-order valence-electron chi connectivity index (χ2n) is 10.1. The van der Waals surface area contributed by atoms with Crippen molar-refractivity contribution in [1.82, 2.24) is 20.2 Å². The second-order valence-corrected chi connectivity index (χ2v) is 12.1. The summed E-state index contributed by atoms with van der Waals surface area (Å²) in [5, 5.41) is 6.44. The van der Waals surface area contributed by atoms with E-state index in [4.69, 9.17) is 16.3 Å². The third kappa shape index (κ3) is 8.34. The van der Waals surface area contributed by atoms with Crippen LogP contribution in [0.15, 0.2) is 71.6 Å². The van der Waals surface area contributed by atoms with E-state index < -0.39 is 10.0 Å². The van der Waals surface area contributed by atoms with Crippen LogP contribution in [0, 0.1) is 0 Å². The van der Waals surface area contributed by atoms with E-state index in [1.54, 1.807) is 42.5 Å². The predicted octanol–water partition coefficient (Wildman–Crippen LogP) is 6.08. The summed E-state index contributed by atoms with van der Waals surface area (Å²) in [5.74, 6) is 0.322. The molecule has 0 fully saturated rings. The maximum atomic E-state index is 13.6. The number of anilines is 3. The molecule has 0 aliphatic heterocycles. The fourth-order valence-electron chi connectivity index (χ4n) is 4.54. The number of nitrogens with zero attached hydrogens (tertiary/aromatic N) is 3. The minimum absolute atomic E-state index is 0.0331. The lowest BCUT2D eigenvalue weighted by Gasteiger charge is -2.20. The van der Waals surface area contributed by atoms with Gasteiger partial charge >= 0.3 is 0 Å². The molecule has 1 amide bonds. The summed E-state index contributed by atoms with van der Waals surface area (Å²) in [7, 11) is -2.64. The molecule has 1 aromatic heterocycles. The second kappa shape index (κ2) is 14.5. The molecule has 4 aromatic rings. The standard InChI is InChI=1S/C31H37ClN6O4S/c1-5-38(6-2)18-10-11-21(3)33-31(39)22-12-9-13-24(19-22)43(40,41)37-30-29(34-26-14-7-8-15-27(26)35-30)36-28-20-23(42-4)16-17-25(28)32/h7-9,12-17,19-21H,5-6,10-11,18H2,1-4H3,(H,33,39)(H,34,36)(H,35,37). The molecule has 10 nitrogen and oxygen atoms in total. The number of para-hydroxylation sites is 2. The molecule has 228 valence electrons. The fourth-order valence-corrected chi connectivity index (χ4v) is 5.76. The highest BCUT2D eigenvalue weighted by Gasteiger charge is 2.21. The van der Waals surface area contributed by atoms with Gasteiger partial charge in [-0.25, -0.2) is 18.4 Å². The highest BCUT2D eigenvalue weighted by molar-refractivity contribution is 7.92. The molecule has 1 heterocycles. The number of nitrogens with one attached hydrogen (secondary N) is 3. The Morgan fingerprint density at radius 3 is 2.35 bits per heavy atom. The van der Waals surface area contributed by atoms with Crippen LogP contribution in [-0.4, -0.2) is 62.0 Å². The largest absolute Gasteiger partial charge is 0.497 e. The monoisotopic (exact) mass is 624 g/mol. The van der Waals surface area contributed by atoms with E-state index in [0.29, 0.717) is 27.5 Å². The maximum Gasteiger partial charge on any atom is 0.263 e. The van der Waals surface area contributed by atoms with E-state index in [-0.39, 0.29) is 34.0 Å². The van der Waals surface area contributed by atoms with Crippen molar-refractivity contribution in [2.24, 2.45) is 0 Å². The number of rotatable bonds is 14. The van der Waals surface area contributed by atoms with Gasteiger partial charge in [-0.1, -0.05) is 43.6 Å². The van der Waals surface area contributed by atoms with E-state index in [0.717, 1.165) is 32.5 Å². The Morgan fingerprint density at radius 2 is 1.67 bits per heavy atom. The molecule has 3 N–H and O–H groups in total. The number of carbonyl (C=O) groups excluding carboxylic acids is 1. The molecule has 0 aliphatic rings. The number of carbonyl (C=O) groups is 1. The first-order valence-corrected chi connectivity index (χ1v) is 16.0. The molecule has 0 saturated carbocycles. The van der Waals surface area contributed by atoms with Gasteiger partial charge in [0.05, 0.1) is 33.7 Å². The third-order valence-electron chi connectivity index (χ3n) is 7.02. The Labute approximate surface area is 257 Å². The molecular formula is C31H37ClN6O4S. The Balaban J connectivity index is 1.56. The van der Waals surface area contributed by atoms with Gasteiger partial charge in [-0.15, -0.1) is 0 Å². The highest BCUT2D eigenvalue weighted by atomic mass is 35.5. The Kier molecular flexibility index (Phi) is 10.8. The van der Waals surface area contributed by atoms with Crippen LogP contribution in [0.2, 0.25) is 5.02 Å². The quantitative estimate of drug-likeness (QED) is 0.154. The molecular weight excluding hydrogens is 588 g/mol. The van der Waals surface area contributed by atoms with E-state index >= 15 is 0 Å². The molecule has 12 heteroatoms. The van der Waals surface area contributed by atoms with Crippen molar-refractivity contribution < 1.29 is 17.9 Å². The summed E-state index contributed by atoms with van der Waals surface area (Å²) in [5.41, 5.74) is 1.74. The molecule has 0 spiro atoms. The van der Waals surface area contributed by atoms with Crippen molar-refractivity contribution in [3.8, 4) is 5.75 Å². The average Bonchev–Trinajstić information content (AvgIpc) is 3.00. The van der Waals surface area contributed by atoms with Gasteiger partial charge in [0, 0.05) is 17.7 Å². The van der Waals surface area contributed by atoms with Crippen LogP contribution < -0.4 is 20.1 Å². The van der Waals surface area contributed by atoms with Gasteiger partial charge in [0.25, 0.3) is 15.9 Å². The first-order valence-electron chi connectivity index (χ1n) is 14.2. The molecule has 3 aromatic carbocycles. The van der Waals surface area contributed by atoms with E-state index in [1.165, 1.54) is 25.3 Å². The van der Waals surface area contributed by atoms with Gasteiger partial charge in [0.2, 0.25) is 0 Å². The van der Waals surface area contributed by atoms with Gasteiger partial charge < -0.3 is 20.3 Å². The lowest BCUT2D eigenvalue weighted by atomic mass is 10.1. The minimum atomic E-state index is -4.17. The summed E-state index contributed by atoms with van der Waals surface area (Å²) in [6.45, 7) is 9.15. The Bertz CT molecular complexity index is 1680. The fraction of sp³-hybridized carbons (Fsp3) is 0.323. The summed E-state index contributed by atoms with van der Waals surface area (Å²) < 4.78 is 35.0. The van der Waals surface area contributed by atoms with E-state index in [9.17, 15) is 13.2 Å². The maximum absolute atomic E-state index is 13.6. The molecule has 0 bridgehead atoms. The van der Waals surface area contributed by atoms with Gasteiger partial charge in [0.15, 0.2) is 11.6 Å². The number of amides is 1. The zero-order valence-corrected chi connectivity index (χ0v) is 26.3. The molecule has 0 aliphatic carbocycles. The zero-order valence-electron chi connectivity index (χ0n) is 24.7. The minimum Gasteiger partial charge on any atom is -0.497 e. The molecule has 0 radical (unpaired) electrons. The number of methoxy groups -OCH3 is 1. The SMILES string of the molecule is CCN(CC)CCCC(C)NC(=O)c1cccc(S(=O)(=O)Nc2nc3ccccc3nc2Nc2cc(OC)ccc2Cl)c1. The number of benzene rings is 3. The van der Waals surface area contributed by atoms with Crippen LogP contribution in [0.25, 0.3) is 11.0 Å². The number of sulfonamides is 1. The highest BCUT2D eigenvalue weighted by Crippen LogP contribution is 2.32. The number of hydrogen-bond acceptors (Lipinski definition) is 8. The molecule has 0 saturated heterocycles. The summed E-state index contributed by atoms with van der Waals surface area (Å²) in [6.07, 6.45) is 1.76. The summed E-state index contributed by atoms with van der Waals surface area (Å²) in [4.78, 5) is 24.4. The number of halogens is 1. The average molecular weight is 625 g/mol. The van der Waals surface area contributed by atoms with Crippen molar-refractivity contribution in [1.29, 1.82) is 0 Å². The number of hydrogen-bond donors (Lipinski definition) is 3. The summed E-state index contributed by atoms with van der Waals surface area (Å²) >= 11 is 6.40. The summed E-state index contributed by atoms with van der Waals surface area (Å²) in [6, 6.07) is 18.0. The van der Waals surface area contributed by atoms with Crippen LogP contribution in [0.1, 0.15) is 44.0 Å². The number of fused-ring (bicyclic) bond motifs is 1. The Hall–Kier alpha value is -3.93. The van der Waals surface area contributed by atoms with Gasteiger partial charge in [0.1, 0.15) is 5.75 Å². The predicted molar refractivity (Wildman–Crippen MR) is 172 cm³/mol. The van der Waals surface area contributed by atoms with Crippen LogP contribution in [0.5, 0.6) is 5.75 Å².